The molecule has 0 fully saturated rings. The molecule has 10 rings (SSSR count). The Bertz CT molecular complexity index is 4000. The van der Waals surface area contributed by atoms with Crippen molar-refractivity contribution in [2.75, 3.05) is 13.2 Å². The molecule has 2 aliphatic carbocycles. The van der Waals surface area contributed by atoms with Crippen molar-refractivity contribution in [2.45, 2.75) is 213 Å². The topological polar surface area (TPSA) is 62.5 Å². The van der Waals surface area contributed by atoms with E-state index in [1.54, 1.807) is 13.8 Å². The molecule has 2 atom stereocenters. The number of hydrogen-bond acceptors (Lipinski definition) is 4. The Kier molecular flexibility index (Phi) is 17.1. The molecule has 6 aromatic carbocycles. The summed E-state index contributed by atoms with van der Waals surface area (Å²) < 4.78 is 50.6. The molecule has 0 aliphatic heterocycles. The SMILES string of the molecule is Cc1cc(F)cc(C2=CC(C(C)(C)CC(C)(C)C)=CC(n3c4ccc(C(C)(C)C)cc4c4cc(C(C)(C)C)ccc43)C2=O)c1OCCOc1c(C)cc(F)cc1C1=CC(C(C)(C)CC(C)(C)C)=CC(n2c3ccc(C(C)(C)C)cc3c3cc(C(C)(C)C)ccc32)C1=O. The first kappa shape index (κ1) is 67.6. The number of ether oxygens (including phenoxy) is 2. The zero-order valence-corrected chi connectivity index (χ0v) is 59.8. The number of fused-ring (bicyclic) bond motifs is 6. The van der Waals surface area contributed by atoms with Crippen LogP contribution in [0.1, 0.15) is 222 Å². The summed E-state index contributed by atoms with van der Waals surface area (Å²) in [5.41, 5.74) is 11.6. The van der Waals surface area contributed by atoms with Gasteiger partial charge in [-0.25, -0.2) is 8.78 Å². The Balaban J connectivity index is 1.05. The number of nitrogens with zero attached hydrogens (tertiary/aromatic N) is 2. The Hall–Kier alpha value is -7.32. The fourth-order valence-electron chi connectivity index (χ4n) is 15.0. The number of aryl methyl sites for hydroxylation is 2. The largest absolute Gasteiger partial charge is 0.489 e. The predicted molar refractivity (Wildman–Crippen MR) is 383 cm³/mol. The molecule has 0 radical (unpaired) electrons. The maximum Gasteiger partial charge on any atom is 0.190 e. The monoisotopic (exact) mass is 1240 g/mol. The van der Waals surface area contributed by atoms with Crippen molar-refractivity contribution in [3.63, 3.8) is 0 Å². The summed E-state index contributed by atoms with van der Waals surface area (Å²) in [6.07, 6.45) is 9.85. The van der Waals surface area contributed by atoms with Gasteiger partial charge in [0.2, 0.25) is 0 Å². The van der Waals surface area contributed by atoms with Crippen LogP contribution in [0.3, 0.4) is 0 Å². The number of aromatic nitrogens is 2. The van der Waals surface area contributed by atoms with E-state index in [0.29, 0.717) is 44.9 Å². The lowest BCUT2D eigenvalue weighted by molar-refractivity contribution is -0.116. The first-order valence-electron chi connectivity index (χ1n) is 33.3. The zero-order valence-electron chi connectivity index (χ0n) is 59.8. The minimum absolute atomic E-state index is 0.0220. The van der Waals surface area contributed by atoms with E-state index in [1.807, 2.05) is 12.2 Å². The minimum atomic E-state index is -0.784. The van der Waals surface area contributed by atoms with Crippen LogP contribution in [0, 0.1) is 47.1 Å². The van der Waals surface area contributed by atoms with Gasteiger partial charge >= 0.3 is 0 Å². The van der Waals surface area contributed by atoms with Crippen molar-refractivity contribution in [1.82, 2.24) is 9.13 Å². The lowest BCUT2D eigenvalue weighted by atomic mass is 9.69. The molecule has 0 amide bonds. The van der Waals surface area contributed by atoms with Crippen molar-refractivity contribution in [2.24, 2.45) is 21.7 Å². The van der Waals surface area contributed by atoms with Gasteiger partial charge in [0, 0.05) is 43.8 Å². The molecule has 92 heavy (non-hydrogen) atoms. The molecule has 2 aromatic heterocycles. The third-order valence-electron chi connectivity index (χ3n) is 19.1. The van der Waals surface area contributed by atoms with E-state index in [9.17, 15) is 0 Å². The number of rotatable bonds is 13. The third kappa shape index (κ3) is 13.3. The van der Waals surface area contributed by atoms with Gasteiger partial charge in [-0.3, -0.25) is 9.59 Å². The van der Waals surface area contributed by atoms with Gasteiger partial charge in [-0.05, 0) is 199 Å². The quantitative estimate of drug-likeness (QED) is 0.108. The van der Waals surface area contributed by atoms with E-state index in [2.05, 4.69) is 246 Å². The third-order valence-corrected chi connectivity index (χ3v) is 19.1. The highest BCUT2D eigenvalue weighted by atomic mass is 19.1. The number of hydrogen-bond donors (Lipinski definition) is 0. The lowest BCUT2D eigenvalue weighted by Crippen LogP contribution is -2.28. The van der Waals surface area contributed by atoms with Crippen LogP contribution in [0.15, 0.2) is 133 Å². The van der Waals surface area contributed by atoms with Gasteiger partial charge in [-0.1, -0.05) is 189 Å². The summed E-state index contributed by atoms with van der Waals surface area (Å²) in [6.45, 7) is 52.6. The van der Waals surface area contributed by atoms with Gasteiger partial charge in [0.15, 0.2) is 11.6 Å². The molecular weight excluding hydrogens is 1140 g/mol. The molecule has 8 heteroatoms. The van der Waals surface area contributed by atoms with Crippen LogP contribution in [-0.4, -0.2) is 33.9 Å². The fraction of sp³-hybridized carbons (Fsp3) is 0.452. The molecule has 6 nitrogen and oxygen atoms in total. The van der Waals surface area contributed by atoms with Crippen LogP contribution in [0.5, 0.6) is 11.5 Å². The number of carbonyl (C=O) groups is 2. The maximum absolute atomic E-state index is 16.3. The van der Waals surface area contributed by atoms with E-state index in [4.69, 9.17) is 9.47 Å². The Labute approximate surface area is 548 Å². The molecule has 2 aliphatic rings. The molecule has 2 heterocycles. The molecule has 0 saturated heterocycles. The summed E-state index contributed by atoms with van der Waals surface area (Å²) in [6, 6.07) is 30.7. The van der Waals surface area contributed by atoms with Crippen molar-refractivity contribution >= 4 is 66.3 Å². The first-order valence-corrected chi connectivity index (χ1v) is 33.3. The Morgan fingerprint density at radius 1 is 0.391 bits per heavy atom. The van der Waals surface area contributed by atoms with Gasteiger partial charge < -0.3 is 18.6 Å². The van der Waals surface area contributed by atoms with Crippen molar-refractivity contribution in [3.05, 3.63) is 189 Å². The second-order valence-electron chi connectivity index (χ2n) is 34.8. The van der Waals surface area contributed by atoms with Crippen LogP contribution in [0.25, 0.3) is 54.8 Å². The number of carbonyl (C=O) groups excluding carboxylic acids is 2. The molecule has 0 bridgehead atoms. The molecule has 2 unspecified atom stereocenters. The molecule has 0 spiro atoms. The normalized spacial score (nSPS) is 16.8. The van der Waals surface area contributed by atoms with Crippen LogP contribution < -0.4 is 9.47 Å². The second-order valence-corrected chi connectivity index (χ2v) is 34.8. The Morgan fingerprint density at radius 2 is 0.663 bits per heavy atom. The summed E-state index contributed by atoms with van der Waals surface area (Å²) in [5.74, 6) is -0.597. The average Bonchev–Trinajstić information content (AvgIpc) is 1.53. The number of benzene rings is 6. The first-order chi connectivity index (χ1) is 42.3. The summed E-state index contributed by atoms with van der Waals surface area (Å²) in [4.78, 5) is 31.9. The van der Waals surface area contributed by atoms with E-state index in [0.717, 1.165) is 67.6 Å². The summed E-state index contributed by atoms with van der Waals surface area (Å²) in [5, 5.41) is 4.31. The van der Waals surface area contributed by atoms with E-state index in [1.165, 1.54) is 46.5 Å². The van der Waals surface area contributed by atoms with Crippen LogP contribution >= 0.6 is 0 Å². The van der Waals surface area contributed by atoms with Gasteiger partial charge in [-0.2, -0.15) is 0 Å². The predicted octanol–water partition coefficient (Wildman–Crippen LogP) is 22.6. The molecule has 0 saturated carbocycles. The van der Waals surface area contributed by atoms with Crippen LogP contribution in [0.2, 0.25) is 0 Å². The lowest BCUT2D eigenvalue weighted by Gasteiger charge is -2.37. The van der Waals surface area contributed by atoms with Crippen molar-refractivity contribution < 1.29 is 27.8 Å². The summed E-state index contributed by atoms with van der Waals surface area (Å²) in [7, 11) is 0. The maximum atomic E-state index is 16.3. The average molecular weight is 1240 g/mol. The van der Waals surface area contributed by atoms with E-state index >= 15 is 18.4 Å². The van der Waals surface area contributed by atoms with Gasteiger partial charge in [0.1, 0.15) is 48.4 Å². The number of halogens is 2. The fourth-order valence-corrected chi connectivity index (χ4v) is 15.0. The highest BCUT2D eigenvalue weighted by molar-refractivity contribution is 6.27. The number of ketones is 2. The second kappa shape index (κ2) is 23.3. The molecular formula is C84H102F2N2O4. The smallest absolute Gasteiger partial charge is 0.190 e. The minimum Gasteiger partial charge on any atom is -0.489 e. The molecule has 486 valence electrons. The Morgan fingerprint density at radius 3 is 0.913 bits per heavy atom. The van der Waals surface area contributed by atoms with E-state index < -0.39 is 34.5 Å². The van der Waals surface area contributed by atoms with Crippen molar-refractivity contribution in [3.8, 4) is 11.5 Å². The number of Topliss-reactive ketones (excluding diaryl/α,β-unsaturated/α-hetero) is 2. The zero-order chi connectivity index (χ0) is 67.7. The van der Waals surface area contributed by atoms with Crippen molar-refractivity contribution in [1.29, 1.82) is 0 Å². The molecule has 0 N–H and O–H groups in total. The molecule has 8 aromatic rings. The number of allylic oxidation sites excluding steroid dienone is 8. The van der Waals surface area contributed by atoms with Gasteiger partial charge in [0.25, 0.3) is 0 Å². The summed E-state index contributed by atoms with van der Waals surface area (Å²) >= 11 is 0. The van der Waals surface area contributed by atoms with Crippen LogP contribution in [0.4, 0.5) is 8.78 Å². The highest BCUT2D eigenvalue weighted by Gasteiger charge is 2.40. The van der Waals surface area contributed by atoms with Gasteiger partial charge in [0.05, 0.1) is 22.1 Å². The van der Waals surface area contributed by atoms with E-state index in [-0.39, 0.29) is 57.3 Å². The standard InChI is InChI=1S/C84H102F2N2O4/c1-49-35-57(85)45-65(63-41-55(83(21,22)47-77(3,4)5)43-71(73(63)89)87-67-29-25-51(79(9,10)11)37-59(67)60-38-52(80(12,13)14)26-30-68(60)87)75(49)91-33-34-92-76-50(2)36-58(86)46-66(76)64-42-56(84(23,24)48-78(6,7)8)44-72(74(64)90)88-69-31-27-53(81(15,16)17)39-61(69)62-40-54(82(18,19)20)28-32-70(62)88/h25-32,35-46,71-72H,33-34,47-48H2,1-24H3. The van der Waals surface area contributed by atoms with Gasteiger partial charge in [-0.15, -0.1) is 0 Å². The van der Waals surface area contributed by atoms with Crippen LogP contribution in [-0.2, 0) is 31.2 Å². The highest BCUT2D eigenvalue weighted by Crippen LogP contribution is 2.51.